The standard InChI is InChI=1S/C20H23NO4S/c1-14-11-15(2)13-16(12-14)19(22)21-18(20(23)25-3)9-10-26(24)17-7-5-4-6-8-17/h4-8,11-13,18H,9-10H2,1-3H3,(H,21,22)/t18-,26+/m1/s1. The van der Waals surface area contributed by atoms with Gasteiger partial charge in [0.2, 0.25) is 0 Å². The second-order valence-electron chi connectivity index (χ2n) is 6.08. The van der Waals surface area contributed by atoms with Crippen molar-refractivity contribution in [3.05, 3.63) is 65.2 Å². The summed E-state index contributed by atoms with van der Waals surface area (Å²) in [6, 6.07) is 13.7. The smallest absolute Gasteiger partial charge is 0.328 e. The molecule has 6 heteroatoms. The highest BCUT2D eigenvalue weighted by molar-refractivity contribution is 7.85. The lowest BCUT2D eigenvalue weighted by Gasteiger charge is -2.17. The molecule has 5 nitrogen and oxygen atoms in total. The van der Waals surface area contributed by atoms with Gasteiger partial charge in [-0.15, -0.1) is 0 Å². The van der Waals surface area contributed by atoms with Crippen LogP contribution in [0.15, 0.2) is 53.4 Å². The number of methoxy groups -OCH3 is 1. The monoisotopic (exact) mass is 373 g/mol. The summed E-state index contributed by atoms with van der Waals surface area (Å²) < 4.78 is 17.1. The zero-order chi connectivity index (χ0) is 19.1. The van der Waals surface area contributed by atoms with Gasteiger partial charge in [0.25, 0.3) is 5.91 Å². The number of rotatable bonds is 7. The Labute approximate surface area is 156 Å². The average Bonchev–Trinajstić information content (AvgIpc) is 2.63. The Hall–Kier alpha value is -2.47. The van der Waals surface area contributed by atoms with Crippen LogP contribution in [0, 0.1) is 13.8 Å². The van der Waals surface area contributed by atoms with Crippen molar-refractivity contribution in [2.45, 2.75) is 31.2 Å². The zero-order valence-electron chi connectivity index (χ0n) is 15.2. The summed E-state index contributed by atoms with van der Waals surface area (Å²) in [4.78, 5) is 25.2. The molecule has 0 aliphatic rings. The van der Waals surface area contributed by atoms with Crippen molar-refractivity contribution >= 4 is 22.7 Å². The van der Waals surface area contributed by atoms with E-state index in [1.165, 1.54) is 7.11 Å². The fourth-order valence-corrected chi connectivity index (χ4v) is 3.80. The average molecular weight is 373 g/mol. The molecule has 2 atom stereocenters. The van der Waals surface area contributed by atoms with E-state index in [-0.39, 0.29) is 18.1 Å². The zero-order valence-corrected chi connectivity index (χ0v) is 16.0. The lowest BCUT2D eigenvalue weighted by molar-refractivity contribution is -0.142. The SMILES string of the molecule is COC(=O)[C@@H](CC[S@](=O)c1ccccc1)NC(=O)c1cc(C)cc(C)c1. The van der Waals surface area contributed by atoms with Crippen LogP contribution in [0.5, 0.6) is 0 Å². The summed E-state index contributed by atoms with van der Waals surface area (Å²) in [5.74, 6) is -0.651. The molecule has 0 aliphatic heterocycles. The van der Waals surface area contributed by atoms with Crippen molar-refractivity contribution in [1.29, 1.82) is 0 Å². The second-order valence-corrected chi connectivity index (χ2v) is 7.65. The highest BCUT2D eigenvalue weighted by atomic mass is 32.2. The van der Waals surface area contributed by atoms with E-state index in [9.17, 15) is 13.8 Å². The van der Waals surface area contributed by atoms with Crippen molar-refractivity contribution in [3.63, 3.8) is 0 Å². The number of esters is 1. The minimum atomic E-state index is -1.25. The van der Waals surface area contributed by atoms with Crippen LogP contribution < -0.4 is 5.32 Å². The number of amides is 1. The molecule has 1 N–H and O–H groups in total. The minimum Gasteiger partial charge on any atom is -0.467 e. The highest BCUT2D eigenvalue weighted by Crippen LogP contribution is 2.11. The largest absolute Gasteiger partial charge is 0.467 e. The van der Waals surface area contributed by atoms with E-state index >= 15 is 0 Å². The Balaban J connectivity index is 2.06. The first-order valence-corrected chi connectivity index (χ1v) is 9.63. The second kappa shape index (κ2) is 9.29. The molecule has 0 heterocycles. The lowest BCUT2D eigenvalue weighted by Crippen LogP contribution is -2.42. The van der Waals surface area contributed by atoms with Gasteiger partial charge in [0.1, 0.15) is 6.04 Å². The first-order chi connectivity index (χ1) is 12.4. The Morgan fingerprint density at radius 1 is 1.08 bits per heavy atom. The molecular weight excluding hydrogens is 350 g/mol. The number of hydrogen-bond donors (Lipinski definition) is 1. The first-order valence-electron chi connectivity index (χ1n) is 8.31. The van der Waals surface area contributed by atoms with Gasteiger partial charge in [0, 0.05) is 16.2 Å². The van der Waals surface area contributed by atoms with E-state index in [0.29, 0.717) is 10.5 Å². The number of carbonyl (C=O) groups excluding carboxylic acids is 2. The molecule has 26 heavy (non-hydrogen) atoms. The number of aryl methyl sites for hydroxylation is 2. The Morgan fingerprint density at radius 2 is 1.69 bits per heavy atom. The summed E-state index contributed by atoms with van der Waals surface area (Å²) >= 11 is 0. The third-order valence-corrected chi connectivity index (χ3v) is 5.28. The number of hydrogen-bond acceptors (Lipinski definition) is 4. The normalized spacial score (nSPS) is 12.9. The van der Waals surface area contributed by atoms with E-state index in [4.69, 9.17) is 4.74 Å². The van der Waals surface area contributed by atoms with Crippen molar-refractivity contribution in [2.24, 2.45) is 0 Å². The summed E-state index contributed by atoms with van der Waals surface area (Å²) in [6.45, 7) is 3.81. The van der Waals surface area contributed by atoms with Gasteiger partial charge in [-0.1, -0.05) is 35.4 Å². The fraction of sp³-hybridized carbons (Fsp3) is 0.300. The van der Waals surface area contributed by atoms with Gasteiger partial charge in [-0.05, 0) is 44.5 Å². The fourth-order valence-electron chi connectivity index (χ4n) is 2.65. The van der Waals surface area contributed by atoms with E-state index in [1.807, 2.05) is 38.1 Å². The van der Waals surface area contributed by atoms with Gasteiger partial charge in [0.15, 0.2) is 0 Å². The molecular formula is C20H23NO4S. The third kappa shape index (κ3) is 5.52. The van der Waals surface area contributed by atoms with Gasteiger partial charge >= 0.3 is 5.97 Å². The van der Waals surface area contributed by atoms with Crippen LogP contribution >= 0.6 is 0 Å². The van der Waals surface area contributed by atoms with Crippen molar-refractivity contribution in [3.8, 4) is 0 Å². The van der Waals surface area contributed by atoms with Gasteiger partial charge in [-0.3, -0.25) is 9.00 Å². The van der Waals surface area contributed by atoms with E-state index in [1.54, 1.807) is 24.3 Å². The molecule has 0 aromatic heterocycles. The molecule has 0 aliphatic carbocycles. The van der Waals surface area contributed by atoms with Crippen LogP contribution in [0.1, 0.15) is 27.9 Å². The molecule has 1 amide bonds. The van der Waals surface area contributed by atoms with Gasteiger partial charge in [0.05, 0.1) is 17.9 Å². The van der Waals surface area contributed by atoms with Crippen LogP contribution in [0.3, 0.4) is 0 Å². The molecule has 0 spiro atoms. The maximum atomic E-state index is 12.5. The third-order valence-electron chi connectivity index (χ3n) is 3.87. The van der Waals surface area contributed by atoms with Crippen LogP contribution in [-0.4, -0.2) is 35.0 Å². The summed E-state index contributed by atoms with van der Waals surface area (Å²) in [5, 5.41) is 2.70. The Morgan fingerprint density at radius 3 is 2.27 bits per heavy atom. The number of nitrogens with one attached hydrogen (secondary N) is 1. The maximum absolute atomic E-state index is 12.5. The molecule has 0 unspecified atom stereocenters. The van der Waals surface area contributed by atoms with Crippen LogP contribution in [-0.2, 0) is 20.3 Å². The predicted octanol–water partition coefficient (Wildman–Crippen LogP) is 2.77. The van der Waals surface area contributed by atoms with Crippen LogP contribution in [0.2, 0.25) is 0 Å². The van der Waals surface area contributed by atoms with Crippen LogP contribution in [0.25, 0.3) is 0 Å². The number of benzene rings is 2. The summed E-state index contributed by atoms with van der Waals surface area (Å²) in [6.07, 6.45) is 0.227. The number of ether oxygens (including phenoxy) is 1. The first kappa shape index (κ1) is 19.8. The quantitative estimate of drug-likeness (QED) is 0.758. The molecule has 2 aromatic rings. The van der Waals surface area contributed by atoms with E-state index in [2.05, 4.69) is 5.32 Å². The van der Waals surface area contributed by atoms with Crippen molar-refractivity contribution < 1.29 is 18.5 Å². The van der Waals surface area contributed by atoms with E-state index in [0.717, 1.165) is 11.1 Å². The molecule has 0 saturated carbocycles. The highest BCUT2D eigenvalue weighted by Gasteiger charge is 2.23. The summed E-state index contributed by atoms with van der Waals surface area (Å²) in [7, 11) is 0.0221. The van der Waals surface area contributed by atoms with Gasteiger partial charge < -0.3 is 10.1 Å². The van der Waals surface area contributed by atoms with Crippen molar-refractivity contribution in [2.75, 3.05) is 12.9 Å². The Kier molecular flexibility index (Phi) is 7.09. The van der Waals surface area contributed by atoms with Crippen molar-refractivity contribution in [1.82, 2.24) is 5.32 Å². The van der Waals surface area contributed by atoms with Gasteiger partial charge in [-0.25, -0.2) is 4.79 Å². The molecule has 0 bridgehead atoms. The minimum absolute atomic E-state index is 0.227. The van der Waals surface area contributed by atoms with Gasteiger partial charge in [-0.2, -0.15) is 0 Å². The maximum Gasteiger partial charge on any atom is 0.328 e. The molecule has 2 aromatic carbocycles. The van der Waals surface area contributed by atoms with Crippen LogP contribution in [0.4, 0.5) is 0 Å². The lowest BCUT2D eigenvalue weighted by atomic mass is 10.1. The molecule has 0 saturated heterocycles. The topological polar surface area (TPSA) is 72.5 Å². The summed E-state index contributed by atoms with van der Waals surface area (Å²) in [5.41, 5.74) is 2.42. The number of carbonyl (C=O) groups is 2. The molecule has 0 fully saturated rings. The molecule has 0 radical (unpaired) electrons. The predicted molar refractivity (Wildman–Crippen MR) is 102 cm³/mol. The Bertz CT molecular complexity index is 784. The molecule has 138 valence electrons. The van der Waals surface area contributed by atoms with E-state index < -0.39 is 22.8 Å². The molecule has 2 rings (SSSR count).